The van der Waals surface area contributed by atoms with Crippen LogP contribution in [0.4, 0.5) is 5.13 Å². The lowest BCUT2D eigenvalue weighted by atomic mass is 9.99. The van der Waals surface area contributed by atoms with Crippen molar-refractivity contribution in [1.29, 1.82) is 0 Å². The van der Waals surface area contributed by atoms with Gasteiger partial charge in [0.2, 0.25) is 5.13 Å². The van der Waals surface area contributed by atoms with Gasteiger partial charge in [0.15, 0.2) is 10.5 Å². The van der Waals surface area contributed by atoms with Crippen LogP contribution in [0.15, 0.2) is 88.4 Å². The summed E-state index contributed by atoms with van der Waals surface area (Å²) in [4.78, 5) is 15.1. The van der Waals surface area contributed by atoms with Gasteiger partial charge >= 0.3 is 0 Å². The fraction of sp³-hybridized carbons (Fsp3) is 0.0833. The quantitative estimate of drug-likeness (QED) is 0.298. The van der Waals surface area contributed by atoms with E-state index in [-0.39, 0.29) is 6.04 Å². The molecule has 0 saturated heterocycles. The zero-order valence-corrected chi connectivity index (χ0v) is 18.7. The predicted molar refractivity (Wildman–Crippen MR) is 130 cm³/mol. The van der Waals surface area contributed by atoms with Gasteiger partial charge in [-0.2, -0.15) is 10.1 Å². The van der Waals surface area contributed by atoms with Gasteiger partial charge in [-0.25, -0.2) is 15.0 Å². The average molecular weight is 486 g/mol. The summed E-state index contributed by atoms with van der Waals surface area (Å²) in [6.07, 6.45) is 0.805. The summed E-state index contributed by atoms with van der Waals surface area (Å²) >= 11 is 5.11. The fourth-order valence-corrected chi connectivity index (χ4v) is 5.17. The number of rotatable bonds is 3. The standard InChI is InChI=1S/C24H16BrN5S/c25-17-10-6-9-16(13-17)20-14-21(15-7-2-1-3-8-15)30(29-20)24-28-22-23(31-24)27-19-12-5-4-11-18(19)26-22/h1-13,21H,14H2. The second-order valence-corrected chi connectivity index (χ2v) is 9.24. The van der Waals surface area contributed by atoms with Crippen LogP contribution in [0.25, 0.3) is 21.5 Å². The van der Waals surface area contributed by atoms with E-state index in [4.69, 9.17) is 20.1 Å². The monoisotopic (exact) mass is 485 g/mol. The first-order chi connectivity index (χ1) is 15.2. The van der Waals surface area contributed by atoms with Gasteiger partial charge in [-0.1, -0.05) is 81.9 Å². The molecule has 3 aromatic carbocycles. The zero-order chi connectivity index (χ0) is 20.8. The maximum Gasteiger partial charge on any atom is 0.210 e. The summed E-state index contributed by atoms with van der Waals surface area (Å²) in [5, 5.41) is 7.86. The molecule has 3 heterocycles. The number of hydrogen-bond acceptors (Lipinski definition) is 6. The summed E-state index contributed by atoms with van der Waals surface area (Å²) in [5.74, 6) is 0. The molecule has 150 valence electrons. The highest BCUT2D eigenvalue weighted by Gasteiger charge is 2.32. The molecular weight excluding hydrogens is 470 g/mol. The van der Waals surface area contributed by atoms with Crippen molar-refractivity contribution < 1.29 is 0 Å². The normalized spacial score (nSPS) is 16.2. The minimum absolute atomic E-state index is 0.0742. The van der Waals surface area contributed by atoms with Crippen molar-refractivity contribution in [2.45, 2.75) is 12.5 Å². The summed E-state index contributed by atoms with van der Waals surface area (Å²) < 4.78 is 1.04. The van der Waals surface area contributed by atoms with Crippen LogP contribution in [0.1, 0.15) is 23.6 Å². The number of hydrogen-bond donors (Lipinski definition) is 0. The highest BCUT2D eigenvalue weighted by atomic mass is 79.9. The highest BCUT2D eigenvalue weighted by Crippen LogP contribution is 2.39. The number of hydrazone groups is 1. The number of nitrogens with zero attached hydrogens (tertiary/aromatic N) is 5. The van der Waals surface area contributed by atoms with Crippen LogP contribution in [0.3, 0.4) is 0 Å². The minimum atomic E-state index is 0.0742. The van der Waals surface area contributed by atoms with Crippen molar-refractivity contribution in [3.05, 3.63) is 94.5 Å². The predicted octanol–water partition coefficient (Wildman–Crippen LogP) is 6.36. The largest absolute Gasteiger partial charge is 0.232 e. The van der Waals surface area contributed by atoms with Crippen molar-refractivity contribution in [2.75, 3.05) is 5.01 Å². The first-order valence-electron chi connectivity index (χ1n) is 9.95. The van der Waals surface area contributed by atoms with Crippen LogP contribution in [0.2, 0.25) is 0 Å². The van der Waals surface area contributed by atoms with E-state index in [2.05, 4.69) is 52.3 Å². The molecular formula is C24H16BrN5S. The van der Waals surface area contributed by atoms with E-state index in [0.29, 0.717) is 5.65 Å². The van der Waals surface area contributed by atoms with Crippen molar-refractivity contribution in [3.63, 3.8) is 0 Å². The number of anilines is 1. The molecule has 1 aliphatic rings. The molecule has 0 amide bonds. The van der Waals surface area contributed by atoms with Gasteiger partial charge in [0.1, 0.15) is 0 Å². The molecule has 7 heteroatoms. The van der Waals surface area contributed by atoms with E-state index in [1.807, 2.05) is 47.5 Å². The maximum atomic E-state index is 5.01. The molecule has 31 heavy (non-hydrogen) atoms. The van der Waals surface area contributed by atoms with E-state index in [0.717, 1.165) is 43.2 Å². The lowest BCUT2D eigenvalue weighted by molar-refractivity contribution is 0.707. The first-order valence-corrected chi connectivity index (χ1v) is 11.6. The van der Waals surface area contributed by atoms with E-state index >= 15 is 0 Å². The van der Waals surface area contributed by atoms with Gasteiger partial charge in [0.25, 0.3) is 0 Å². The molecule has 0 radical (unpaired) electrons. The molecule has 0 saturated carbocycles. The number of para-hydroxylation sites is 2. The van der Waals surface area contributed by atoms with Crippen LogP contribution >= 0.6 is 27.3 Å². The van der Waals surface area contributed by atoms with Crippen LogP contribution in [0.5, 0.6) is 0 Å². The summed E-state index contributed by atoms with van der Waals surface area (Å²) in [5.41, 5.74) is 5.76. The Balaban J connectivity index is 1.48. The molecule has 6 rings (SSSR count). The Labute approximate surface area is 191 Å². The maximum absolute atomic E-state index is 5.01. The van der Waals surface area contributed by atoms with Gasteiger partial charge in [-0.3, -0.25) is 0 Å². The number of fused-ring (bicyclic) bond motifs is 2. The molecule has 1 aliphatic heterocycles. The fourth-order valence-electron chi connectivity index (χ4n) is 3.88. The smallest absolute Gasteiger partial charge is 0.210 e. The molecule has 0 fully saturated rings. The second kappa shape index (κ2) is 7.51. The van der Waals surface area contributed by atoms with Gasteiger partial charge < -0.3 is 0 Å². The minimum Gasteiger partial charge on any atom is -0.232 e. The van der Waals surface area contributed by atoms with Crippen molar-refractivity contribution in [3.8, 4) is 0 Å². The number of thiazole rings is 1. The van der Waals surface area contributed by atoms with Crippen LogP contribution < -0.4 is 5.01 Å². The van der Waals surface area contributed by atoms with E-state index < -0.39 is 0 Å². The van der Waals surface area contributed by atoms with E-state index in [9.17, 15) is 0 Å². The zero-order valence-electron chi connectivity index (χ0n) is 16.3. The number of aromatic nitrogens is 3. The SMILES string of the molecule is Brc1cccc(C2=NN(c3nc4nc5ccccc5nc4s3)C(c3ccccc3)C2)c1. The highest BCUT2D eigenvalue weighted by molar-refractivity contribution is 9.10. The molecule has 0 aliphatic carbocycles. The molecule has 0 bridgehead atoms. The van der Waals surface area contributed by atoms with Gasteiger partial charge in [-0.05, 0) is 35.4 Å². The Bertz CT molecular complexity index is 1390. The Morgan fingerprint density at radius 3 is 2.42 bits per heavy atom. The Morgan fingerprint density at radius 1 is 0.839 bits per heavy atom. The van der Waals surface area contributed by atoms with E-state index in [1.165, 1.54) is 16.9 Å². The van der Waals surface area contributed by atoms with Crippen LogP contribution in [-0.2, 0) is 0 Å². The van der Waals surface area contributed by atoms with Gasteiger partial charge in [0.05, 0.1) is 22.8 Å². The molecule has 5 nitrogen and oxygen atoms in total. The summed E-state index contributed by atoms with van der Waals surface area (Å²) in [7, 11) is 0. The van der Waals surface area contributed by atoms with Gasteiger partial charge in [-0.15, -0.1) is 0 Å². The van der Waals surface area contributed by atoms with Gasteiger partial charge in [0, 0.05) is 10.9 Å². The Morgan fingerprint density at radius 2 is 1.61 bits per heavy atom. The van der Waals surface area contributed by atoms with Crippen LogP contribution in [-0.4, -0.2) is 20.7 Å². The first kappa shape index (κ1) is 18.6. The third kappa shape index (κ3) is 3.40. The number of halogens is 1. The lowest BCUT2D eigenvalue weighted by Crippen LogP contribution is -2.18. The summed E-state index contributed by atoms with van der Waals surface area (Å²) in [6.45, 7) is 0. The average Bonchev–Trinajstić information content (AvgIpc) is 3.42. The van der Waals surface area contributed by atoms with Crippen molar-refractivity contribution in [2.24, 2.45) is 5.10 Å². The third-order valence-electron chi connectivity index (χ3n) is 5.36. The molecule has 1 atom stereocenters. The third-order valence-corrected chi connectivity index (χ3v) is 6.78. The number of benzene rings is 3. The molecule has 5 aromatic rings. The Kier molecular flexibility index (Phi) is 4.51. The molecule has 1 unspecified atom stereocenters. The van der Waals surface area contributed by atoms with Crippen LogP contribution in [0, 0.1) is 0 Å². The lowest BCUT2D eigenvalue weighted by Gasteiger charge is -2.20. The van der Waals surface area contributed by atoms with E-state index in [1.54, 1.807) is 0 Å². The molecule has 0 N–H and O–H groups in total. The second-order valence-electron chi connectivity index (χ2n) is 7.37. The summed E-state index contributed by atoms with van der Waals surface area (Å²) in [6, 6.07) is 26.7. The Hall–Kier alpha value is -3.16. The molecule has 2 aromatic heterocycles. The van der Waals surface area contributed by atoms with Crippen molar-refractivity contribution >= 4 is 59.6 Å². The van der Waals surface area contributed by atoms with Crippen molar-refractivity contribution in [1.82, 2.24) is 15.0 Å². The molecule has 0 spiro atoms. The topological polar surface area (TPSA) is 54.3 Å².